The van der Waals surface area contributed by atoms with Crippen LogP contribution in [-0.2, 0) is 6.54 Å². The molecule has 2 atom stereocenters. The molecule has 2 unspecified atom stereocenters. The van der Waals surface area contributed by atoms with E-state index in [0.29, 0.717) is 18.6 Å². The number of aryl methyl sites for hydroxylation is 1. The van der Waals surface area contributed by atoms with Gasteiger partial charge in [-0.15, -0.1) is 0 Å². The van der Waals surface area contributed by atoms with Gasteiger partial charge in [0.25, 0.3) is 0 Å². The van der Waals surface area contributed by atoms with Gasteiger partial charge in [0.05, 0.1) is 11.9 Å². The Hall–Kier alpha value is -1.39. The van der Waals surface area contributed by atoms with Crippen LogP contribution in [0.5, 0.6) is 0 Å². The van der Waals surface area contributed by atoms with Gasteiger partial charge in [-0.25, -0.2) is 4.98 Å². The topological polar surface area (TPSA) is 40.8 Å². The average molecular weight is 273 g/mol. The number of rotatable bonds is 3. The number of hydrogen-bond acceptors (Lipinski definition) is 3. The second-order valence-electron chi connectivity index (χ2n) is 6.04. The Morgan fingerprint density at radius 1 is 1.40 bits per heavy atom. The molecule has 1 aliphatic rings. The van der Waals surface area contributed by atoms with Gasteiger partial charge >= 0.3 is 0 Å². The number of piperidine rings is 1. The lowest BCUT2D eigenvalue weighted by atomic mass is 9.94. The molecule has 108 valence electrons. The summed E-state index contributed by atoms with van der Waals surface area (Å²) in [7, 11) is 0. The lowest BCUT2D eigenvalue weighted by molar-refractivity contribution is 0.0760. The molecule has 0 amide bonds. The van der Waals surface area contributed by atoms with E-state index in [0.717, 1.165) is 25.2 Å². The molecule has 1 saturated heterocycles. The normalized spacial score (nSPS) is 24.4. The van der Waals surface area contributed by atoms with Crippen LogP contribution in [0.2, 0.25) is 0 Å². The second kappa shape index (κ2) is 5.54. The Morgan fingerprint density at radius 3 is 3.05 bits per heavy atom. The monoisotopic (exact) mass is 273 g/mol. The van der Waals surface area contributed by atoms with E-state index in [2.05, 4.69) is 46.5 Å². The summed E-state index contributed by atoms with van der Waals surface area (Å²) < 4.78 is 2.19. The van der Waals surface area contributed by atoms with E-state index in [1.54, 1.807) is 0 Å². The van der Waals surface area contributed by atoms with E-state index < -0.39 is 0 Å². The number of nitrogens with zero attached hydrogens (tertiary/aromatic N) is 3. The van der Waals surface area contributed by atoms with Crippen molar-refractivity contribution < 1.29 is 5.11 Å². The zero-order chi connectivity index (χ0) is 14.1. The minimum Gasteiger partial charge on any atom is -0.396 e. The van der Waals surface area contributed by atoms with Crippen LogP contribution in [0.1, 0.15) is 31.0 Å². The molecule has 2 aromatic heterocycles. The van der Waals surface area contributed by atoms with Gasteiger partial charge in [0.15, 0.2) is 0 Å². The van der Waals surface area contributed by atoms with Crippen LogP contribution < -0.4 is 0 Å². The third-order valence-corrected chi connectivity index (χ3v) is 4.54. The van der Waals surface area contributed by atoms with Gasteiger partial charge in [-0.1, -0.05) is 6.07 Å². The summed E-state index contributed by atoms with van der Waals surface area (Å²) in [5, 5.41) is 9.39. The van der Waals surface area contributed by atoms with Gasteiger partial charge < -0.3 is 9.51 Å². The molecule has 0 saturated carbocycles. The van der Waals surface area contributed by atoms with Crippen LogP contribution in [0.25, 0.3) is 5.65 Å². The molecule has 20 heavy (non-hydrogen) atoms. The Labute approximate surface area is 120 Å². The molecule has 3 rings (SSSR count). The highest BCUT2D eigenvalue weighted by Crippen LogP contribution is 2.24. The van der Waals surface area contributed by atoms with Gasteiger partial charge in [-0.2, -0.15) is 0 Å². The lowest BCUT2D eigenvalue weighted by Gasteiger charge is -2.37. The average Bonchev–Trinajstić information content (AvgIpc) is 2.86. The number of aromatic nitrogens is 2. The van der Waals surface area contributed by atoms with Crippen molar-refractivity contribution in [2.45, 2.75) is 39.3 Å². The van der Waals surface area contributed by atoms with E-state index in [9.17, 15) is 5.11 Å². The van der Waals surface area contributed by atoms with Crippen molar-refractivity contribution in [3.8, 4) is 0 Å². The molecule has 4 heteroatoms. The van der Waals surface area contributed by atoms with E-state index in [1.165, 1.54) is 17.7 Å². The Morgan fingerprint density at radius 2 is 2.25 bits per heavy atom. The Balaban J connectivity index is 1.83. The summed E-state index contributed by atoms with van der Waals surface area (Å²) in [5.74, 6) is 0.423. The number of hydrogen-bond donors (Lipinski definition) is 1. The van der Waals surface area contributed by atoms with Gasteiger partial charge in [-0.05, 0) is 44.2 Å². The molecule has 1 N–H and O–H groups in total. The highest BCUT2D eigenvalue weighted by molar-refractivity contribution is 5.48. The maximum atomic E-state index is 9.39. The maximum Gasteiger partial charge on any atom is 0.139 e. The minimum absolute atomic E-state index is 0.301. The van der Waals surface area contributed by atoms with Crippen LogP contribution >= 0.6 is 0 Å². The number of imidazole rings is 1. The predicted molar refractivity (Wildman–Crippen MR) is 79.6 cm³/mol. The molecule has 0 aliphatic carbocycles. The summed E-state index contributed by atoms with van der Waals surface area (Å²) in [4.78, 5) is 7.00. The fourth-order valence-corrected chi connectivity index (χ4v) is 3.16. The van der Waals surface area contributed by atoms with E-state index in [1.807, 2.05) is 6.20 Å². The Kier molecular flexibility index (Phi) is 3.76. The fourth-order valence-electron chi connectivity index (χ4n) is 3.16. The van der Waals surface area contributed by atoms with Gasteiger partial charge in [0, 0.05) is 31.9 Å². The number of aliphatic hydroxyl groups is 1. The quantitative estimate of drug-likeness (QED) is 0.932. The zero-order valence-corrected chi connectivity index (χ0v) is 12.3. The third-order valence-electron chi connectivity index (χ3n) is 4.54. The molecule has 0 aromatic carbocycles. The summed E-state index contributed by atoms with van der Waals surface area (Å²) in [5.41, 5.74) is 3.48. The van der Waals surface area contributed by atoms with Gasteiger partial charge in [0.1, 0.15) is 5.65 Å². The van der Waals surface area contributed by atoms with Crippen LogP contribution in [0.15, 0.2) is 24.5 Å². The summed E-state index contributed by atoms with van der Waals surface area (Å²) >= 11 is 0. The van der Waals surface area contributed by atoms with Crippen molar-refractivity contribution in [1.29, 1.82) is 0 Å². The van der Waals surface area contributed by atoms with Crippen molar-refractivity contribution in [2.75, 3.05) is 13.2 Å². The summed E-state index contributed by atoms with van der Waals surface area (Å²) in [6.07, 6.45) is 6.38. The molecule has 2 aromatic rings. The zero-order valence-electron chi connectivity index (χ0n) is 12.3. The molecule has 0 radical (unpaired) electrons. The number of aliphatic hydroxyl groups excluding tert-OH is 1. The van der Waals surface area contributed by atoms with Crippen LogP contribution in [0, 0.1) is 12.8 Å². The smallest absolute Gasteiger partial charge is 0.139 e. The van der Waals surface area contributed by atoms with Crippen LogP contribution in [0.4, 0.5) is 0 Å². The standard InChI is InChI=1S/C16H23N3O/c1-12-4-3-7-19-15(8-17-16(12)19)10-18-9-14(11-20)6-5-13(18)2/h3-4,7-8,13-14,20H,5-6,9-11H2,1-2H3. The number of pyridine rings is 1. The van der Waals surface area contributed by atoms with Gasteiger partial charge in [0.2, 0.25) is 0 Å². The lowest BCUT2D eigenvalue weighted by Crippen LogP contribution is -2.42. The first-order valence-electron chi connectivity index (χ1n) is 7.45. The minimum atomic E-state index is 0.301. The Bertz CT molecular complexity index is 592. The first-order chi connectivity index (χ1) is 9.69. The van der Waals surface area contributed by atoms with Crippen LogP contribution in [0.3, 0.4) is 0 Å². The molecule has 1 fully saturated rings. The highest BCUT2D eigenvalue weighted by Gasteiger charge is 2.25. The predicted octanol–water partition coefficient (Wildman–Crippen LogP) is 2.24. The second-order valence-corrected chi connectivity index (χ2v) is 6.04. The number of likely N-dealkylation sites (tertiary alicyclic amines) is 1. The van der Waals surface area contributed by atoms with Crippen molar-refractivity contribution in [3.05, 3.63) is 35.8 Å². The molecular formula is C16H23N3O. The molecule has 3 heterocycles. The summed E-state index contributed by atoms with van der Waals surface area (Å²) in [6.45, 7) is 6.56. The van der Waals surface area contributed by atoms with Crippen LogP contribution in [-0.4, -0.2) is 38.6 Å². The first-order valence-corrected chi connectivity index (χ1v) is 7.45. The maximum absolute atomic E-state index is 9.39. The fraction of sp³-hybridized carbons (Fsp3) is 0.562. The van der Waals surface area contributed by atoms with Gasteiger partial charge in [-0.3, -0.25) is 4.90 Å². The van der Waals surface area contributed by atoms with E-state index in [-0.39, 0.29) is 0 Å². The molecule has 0 bridgehead atoms. The largest absolute Gasteiger partial charge is 0.396 e. The van der Waals surface area contributed by atoms with E-state index >= 15 is 0 Å². The van der Waals surface area contributed by atoms with Crippen molar-refractivity contribution in [2.24, 2.45) is 5.92 Å². The van der Waals surface area contributed by atoms with Crippen molar-refractivity contribution >= 4 is 5.65 Å². The van der Waals surface area contributed by atoms with E-state index in [4.69, 9.17) is 0 Å². The SMILES string of the molecule is Cc1cccn2c(CN3CC(CO)CCC3C)cnc12. The molecular weight excluding hydrogens is 250 g/mol. The highest BCUT2D eigenvalue weighted by atomic mass is 16.3. The molecule has 0 spiro atoms. The molecule has 1 aliphatic heterocycles. The third kappa shape index (κ3) is 2.45. The van der Waals surface area contributed by atoms with Crippen molar-refractivity contribution in [3.63, 3.8) is 0 Å². The molecule has 4 nitrogen and oxygen atoms in total. The summed E-state index contributed by atoms with van der Waals surface area (Å²) in [6, 6.07) is 4.74. The number of fused-ring (bicyclic) bond motifs is 1. The van der Waals surface area contributed by atoms with Crippen molar-refractivity contribution in [1.82, 2.24) is 14.3 Å². The first kappa shape index (κ1) is 13.6.